The van der Waals surface area contributed by atoms with E-state index in [1.165, 1.54) is 6.33 Å². The highest BCUT2D eigenvalue weighted by Gasteiger charge is 2.31. The van der Waals surface area contributed by atoms with E-state index in [4.69, 9.17) is 4.74 Å². The lowest BCUT2D eigenvalue weighted by Crippen LogP contribution is -2.42. The van der Waals surface area contributed by atoms with E-state index in [2.05, 4.69) is 20.7 Å². The molecule has 2 atom stereocenters. The Hall–Kier alpha value is -2.90. The fourth-order valence-electron chi connectivity index (χ4n) is 3.07. The van der Waals surface area contributed by atoms with E-state index in [1.54, 1.807) is 16.8 Å². The molecule has 0 saturated heterocycles. The van der Waals surface area contributed by atoms with Crippen LogP contribution in [0.25, 0.3) is 0 Å². The molecule has 1 aromatic carbocycles. The van der Waals surface area contributed by atoms with Crippen molar-refractivity contribution < 1.29 is 14.3 Å². The summed E-state index contributed by atoms with van der Waals surface area (Å²) in [4.78, 5) is 28.6. The average molecular weight is 327 g/mol. The van der Waals surface area contributed by atoms with Gasteiger partial charge in [0.25, 0.3) is 5.91 Å². The highest BCUT2D eigenvalue weighted by atomic mass is 16.5. The van der Waals surface area contributed by atoms with Crippen molar-refractivity contribution >= 4 is 17.5 Å². The Labute approximate surface area is 138 Å². The van der Waals surface area contributed by atoms with E-state index in [-0.39, 0.29) is 24.3 Å². The molecular weight excluding hydrogens is 310 g/mol. The molecule has 0 spiro atoms. The molecule has 0 fully saturated rings. The molecule has 2 aromatic rings. The second kappa shape index (κ2) is 5.95. The predicted octanol–water partition coefficient (Wildman–Crippen LogP) is 1.02. The number of nitrogens with zero attached hydrogens (tertiary/aromatic N) is 3. The van der Waals surface area contributed by atoms with Gasteiger partial charge in [-0.25, -0.2) is 9.67 Å². The standard InChI is InChI=1S/C16H17N5O3/c22-14(19-11-5-3-7-21-15(11)17-9-18-21)8-13-16(23)20-10-4-1-2-6-12(10)24-13/h1-2,4,6,9,11,13H,3,5,7-8H2,(H,19,22)(H,20,23). The van der Waals surface area contributed by atoms with Gasteiger partial charge in [-0.15, -0.1) is 0 Å². The van der Waals surface area contributed by atoms with Crippen LogP contribution >= 0.6 is 0 Å². The summed E-state index contributed by atoms with van der Waals surface area (Å²) < 4.78 is 7.45. The first-order chi connectivity index (χ1) is 11.7. The second-order valence-corrected chi connectivity index (χ2v) is 5.90. The highest BCUT2D eigenvalue weighted by molar-refractivity contribution is 5.99. The Kier molecular flexibility index (Phi) is 3.64. The van der Waals surface area contributed by atoms with Gasteiger partial charge in [0, 0.05) is 6.54 Å². The number of anilines is 1. The normalized spacial score (nSPS) is 21.9. The molecule has 124 valence electrons. The van der Waals surface area contributed by atoms with Crippen molar-refractivity contribution in [2.75, 3.05) is 5.32 Å². The van der Waals surface area contributed by atoms with Crippen molar-refractivity contribution in [1.29, 1.82) is 0 Å². The summed E-state index contributed by atoms with van der Waals surface area (Å²) in [7, 11) is 0. The number of fused-ring (bicyclic) bond motifs is 2. The first-order valence-corrected chi connectivity index (χ1v) is 7.94. The van der Waals surface area contributed by atoms with Gasteiger partial charge in [0.1, 0.15) is 17.9 Å². The predicted molar refractivity (Wildman–Crippen MR) is 84.2 cm³/mol. The van der Waals surface area contributed by atoms with Crippen LogP contribution in [0.3, 0.4) is 0 Å². The zero-order valence-electron chi connectivity index (χ0n) is 12.9. The summed E-state index contributed by atoms with van der Waals surface area (Å²) in [6.45, 7) is 0.812. The molecule has 2 N–H and O–H groups in total. The van der Waals surface area contributed by atoms with Crippen molar-refractivity contribution in [3.05, 3.63) is 36.4 Å². The molecule has 1 aromatic heterocycles. The van der Waals surface area contributed by atoms with E-state index in [0.29, 0.717) is 11.4 Å². The summed E-state index contributed by atoms with van der Waals surface area (Å²) in [5, 5.41) is 9.82. The van der Waals surface area contributed by atoms with Crippen molar-refractivity contribution in [3.8, 4) is 5.75 Å². The number of benzene rings is 1. The first kappa shape index (κ1) is 14.7. The highest BCUT2D eigenvalue weighted by Crippen LogP contribution is 2.30. The number of aromatic nitrogens is 3. The third kappa shape index (κ3) is 2.70. The summed E-state index contributed by atoms with van der Waals surface area (Å²) in [5.41, 5.74) is 0.625. The lowest BCUT2D eigenvalue weighted by molar-refractivity contribution is -0.131. The van der Waals surface area contributed by atoms with Crippen LogP contribution in [0.5, 0.6) is 5.75 Å². The summed E-state index contributed by atoms with van der Waals surface area (Å²) in [5.74, 6) is 0.785. The molecule has 2 aliphatic rings. The number of hydrogen-bond donors (Lipinski definition) is 2. The summed E-state index contributed by atoms with van der Waals surface area (Å²) in [6, 6.07) is 6.99. The Bertz CT molecular complexity index is 788. The third-order valence-electron chi connectivity index (χ3n) is 4.23. The Morgan fingerprint density at radius 2 is 2.29 bits per heavy atom. The van der Waals surface area contributed by atoms with Gasteiger partial charge in [-0.1, -0.05) is 12.1 Å². The molecule has 0 radical (unpaired) electrons. The number of hydrogen-bond acceptors (Lipinski definition) is 5. The minimum absolute atomic E-state index is 0.0369. The molecule has 2 aliphatic heterocycles. The van der Waals surface area contributed by atoms with Crippen molar-refractivity contribution in [3.63, 3.8) is 0 Å². The van der Waals surface area contributed by atoms with Gasteiger partial charge in [-0.05, 0) is 25.0 Å². The zero-order chi connectivity index (χ0) is 16.5. The van der Waals surface area contributed by atoms with Crippen LogP contribution < -0.4 is 15.4 Å². The largest absolute Gasteiger partial charge is 0.478 e. The number of amides is 2. The minimum atomic E-state index is -0.832. The number of aryl methyl sites for hydroxylation is 1. The van der Waals surface area contributed by atoms with Crippen LogP contribution in [0.4, 0.5) is 5.69 Å². The molecule has 2 unspecified atom stereocenters. The monoisotopic (exact) mass is 327 g/mol. The van der Waals surface area contributed by atoms with E-state index in [0.717, 1.165) is 25.2 Å². The van der Waals surface area contributed by atoms with Crippen LogP contribution in [-0.4, -0.2) is 32.7 Å². The van der Waals surface area contributed by atoms with Gasteiger partial charge in [-0.3, -0.25) is 9.59 Å². The Balaban J connectivity index is 1.41. The number of ether oxygens (including phenoxy) is 1. The fourth-order valence-corrected chi connectivity index (χ4v) is 3.07. The molecule has 0 aliphatic carbocycles. The maximum Gasteiger partial charge on any atom is 0.266 e. The van der Waals surface area contributed by atoms with Crippen molar-refractivity contribution in [1.82, 2.24) is 20.1 Å². The molecular formula is C16H17N5O3. The minimum Gasteiger partial charge on any atom is -0.478 e. The molecule has 0 saturated carbocycles. The van der Waals surface area contributed by atoms with Gasteiger partial charge in [0.05, 0.1) is 18.2 Å². The van der Waals surface area contributed by atoms with E-state index >= 15 is 0 Å². The SMILES string of the molecule is O=C(CC1Oc2ccccc2NC1=O)NC1CCCn2ncnc21. The van der Waals surface area contributed by atoms with Crippen LogP contribution in [0.2, 0.25) is 0 Å². The van der Waals surface area contributed by atoms with Crippen LogP contribution in [-0.2, 0) is 16.1 Å². The summed E-state index contributed by atoms with van der Waals surface area (Å²) in [6.07, 6.45) is 2.36. The molecule has 24 heavy (non-hydrogen) atoms. The maximum atomic E-state index is 12.3. The average Bonchev–Trinajstić information content (AvgIpc) is 3.05. The van der Waals surface area contributed by atoms with Gasteiger partial charge in [0.15, 0.2) is 6.10 Å². The molecule has 0 bridgehead atoms. The second-order valence-electron chi connectivity index (χ2n) is 5.90. The summed E-state index contributed by atoms with van der Waals surface area (Å²) >= 11 is 0. The van der Waals surface area contributed by atoms with Gasteiger partial charge < -0.3 is 15.4 Å². The van der Waals surface area contributed by atoms with Gasteiger partial charge in [-0.2, -0.15) is 5.10 Å². The molecule has 3 heterocycles. The van der Waals surface area contributed by atoms with Crippen molar-refractivity contribution in [2.24, 2.45) is 0 Å². The number of para-hydroxylation sites is 2. The van der Waals surface area contributed by atoms with E-state index in [1.807, 2.05) is 12.1 Å². The fraction of sp³-hybridized carbons (Fsp3) is 0.375. The third-order valence-corrected chi connectivity index (χ3v) is 4.23. The topological polar surface area (TPSA) is 98.1 Å². The van der Waals surface area contributed by atoms with Crippen LogP contribution in [0, 0.1) is 0 Å². The first-order valence-electron chi connectivity index (χ1n) is 7.94. The Morgan fingerprint density at radius 3 is 3.21 bits per heavy atom. The van der Waals surface area contributed by atoms with E-state index in [9.17, 15) is 9.59 Å². The number of carbonyl (C=O) groups is 2. The van der Waals surface area contributed by atoms with Crippen molar-refractivity contribution in [2.45, 2.75) is 38.0 Å². The number of nitrogens with one attached hydrogen (secondary N) is 2. The van der Waals surface area contributed by atoms with Crippen LogP contribution in [0.15, 0.2) is 30.6 Å². The number of rotatable bonds is 3. The van der Waals surface area contributed by atoms with Crippen LogP contribution in [0.1, 0.15) is 31.1 Å². The maximum absolute atomic E-state index is 12.3. The van der Waals surface area contributed by atoms with E-state index < -0.39 is 6.10 Å². The molecule has 8 heteroatoms. The lowest BCUT2D eigenvalue weighted by Gasteiger charge is -2.27. The molecule has 8 nitrogen and oxygen atoms in total. The molecule has 4 rings (SSSR count). The quantitative estimate of drug-likeness (QED) is 0.877. The smallest absolute Gasteiger partial charge is 0.266 e. The lowest BCUT2D eigenvalue weighted by atomic mass is 10.1. The Morgan fingerprint density at radius 1 is 1.42 bits per heavy atom. The molecule has 2 amide bonds. The van der Waals surface area contributed by atoms with Gasteiger partial charge >= 0.3 is 0 Å². The van der Waals surface area contributed by atoms with Gasteiger partial charge in [0.2, 0.25) is 5.91 Å². The number of carbonyl (C=O) groups excluding carboxylic acids is 2. The zero-order valence-corrected chi connectivity index (χ0v) is 12.9.